The van der Waals surface area contributed by atoms with Gasteiger partial charge in [-0.15, -0.1) is 0 Å². The number of nitrogens with one attached hydrogen (secondary N) is 1. The number of amidine groups is 1. The number of hydrogen-bond donors (Lipinski definition) is 1. The van der Waals surface area contributed by atoms with Crippen molar-refractivity contribution in [3.63, 3.8) is 0 Å². The van der Waals surface area contributed by atoms with Gasteiger partial charge in [0.15, 0.2) is 0 Å². The van der Waals surface area contributed by atoms with Gasteiger partial charge in [0.05, 0.1) is 7.11 Å². The van der Waals surface area contributed by atoms with Gasteiger partial charge in [0.2, 0.25) is 0 Å². The van der Waals surface area contributed by atoms with E-state index in [4.69, 9.17) is 10.1 Å². The Morgan fingerprint density at radius 3 is 1.73 bits per heavy atom. The number of ether oxygens (including phenoxy) is 1. The van der Waals surface area contributed by atoms with Crippen molar-refractivity contribution in [2.45, 2.75) is 27.7 Å². The van der Waals surface area contributed by atoms with Crippen LogP contribution in [-0.4, -0.2) is 31.1 Å². The summed E-state index contributed by atoms with van der Waals surface area (Å²) in [5, 5.41) is 7.63. The number of nitrogens with zero attached hydrogens (tertiary/aromatic N) is 1. The van der Waals surface area contributed by atoms with Crippen molar-refractivity contribution in [1.29, 1.82) is 5.41 Å². The van der Waals surface area contributed by atoms with E-state index in [-0.39, 0.29) is 6.02 Å². The molecule has 3 heteroatoms. The zero-order chi connectivity index (χ0) is 11.8. The van der Waals surface area contributed by atoms with Crippen LogP contribution in [0.5, 0.6) is 0 Å². The van der Waals surface area contributed by atoms with Gasteiger partial charge in [-0.3, -0.25) is 5.41 Å². The molecule has 1 N–H and O–H groups in total. The molecular weight excluding hydrogens is 188 g/mol. The van der Waals surface area contributed by atoms with Gasteiger partial charge in [-0.25, -0.2) is 0 Å². The van der Waals surface area contributed by atoms with Crippen LogP contribution >= 0.6 is 0 Å². The van der Waals surface area contributed by atoms with E-state index in [1.165, 1.54) is 18.3 Å². The fraction of sp³-hybridized carbons (Fsp3) is 0.583. The second-order valence-electron chi connectivity index (χ2n) is 3.98. The summed E-state index contributed by atoms with van der Waals surface area (Å²) in [5.74, 6) is 0. The Balaban J connectivity index is 4.38. The lowest BCUT2D eigenvalue weighted by molar-refractivity contribution is 0.303. The molecule has 0 aliphatic rings. The quantitative estimate of drug-likeness (QED) is 0.440. The van der Waals surface area contributed by atoms with Gasteiger partial charge in [0.25, 0.3) is 6.02 Å². The topological polar surface area (TPSA) is 36.3 Å². The third kappa shape index (κ3) is 6.77. The number of rotatable bonds is 4. The highest BCUT2D eigenvalue weighted by atomic mass is 16.5. The molecule has 0 aliphatic heterocycles. The summed E-state index contributed by atoms with van der Waals surface area (Å²) in [5.41, 5.74) is 2.50. The average molecular weight is 210 g/mol. The normalized spacial score (nSPS) is 9.13. The van der Waals surface area contributed by atoms with Gasteiger partial charge in [0, 0.05) is 13.1 Å². The molecular formula is C12H22N2O. The van der Waals surface area contributed by atoms with E-state index in [0.29, 0.717) is 0 Å². The van der Waals surface area contributed by atoms with E-state index in [1.54, 1.807) is 0 Å². The predicted molar refractivity (Wildman–Crippen MR) is 65.2 cm³/mol. The second-order valence-corrected chi connectivity index (χ2v) is 3.98. The Bertz CT molecular complexity index is 239. The minimum absolute atomic E-state index is 0.213. The molecule has 0 aromatic carbocycles. The molecule has 0 aliphatic carbocycles. The van der Waals surface area contributed by atoms with Crippen molar-refractivity contribution in [3.05, 3.63) is 23.3 Å². The molecule has 0 heterocycles. The van der Waals surface area contributed by atoms with Crippen LogP contribution in [0.4, 0.5) is 0 Å². The number of allylic oxidation sites excluding steroid dienone is 2. The van der Waals surface area contributed by atoms with Gasteiger partial charge in [0.1, 0.15) is 0 Å². The molecule has 0 bridgehead atoms. The summed E-state index contributed by atoms with van der Waals surface area (Å²) >= 11 is 0. The van der Waals surface area contributed by atoms with Gasteiger partial charge < -0.3 is 9.64 Å². The first-order valence-corrected chi connectivity index (χ1v) is 5.11. The average Bonchev–Trinajstić information content (AvgIpc) is 2.16. The molecule has 0 atom stereocenters. The summed E-state index contributed by atoms with van der Waals surface area (Å²) in [6, 6.07) is 0.213. The van der Waals surface area contributed by atoms with Crippen molar-refractivity contribution < 1.29 is 4.74 Å². The largest absolute Gasteiger partial charge is 0.469 e. The summed E-state index contributed by atoms with van der Waals surface area (Å²) in [6.07, 6.45) is 4.18. The van der Waals surface area contributed by atoms with Gasteiger partial charge >= 0.3 is 0 Å². The summed E-state index contributed by atoms with van der Waals surface area (Å²) in [7, 11) is 1.53. The first-order valence-electron chi connectivity index (χ1n) is 5.11. The van der Waals surface area contributed by atoms with Crippen molar-refractivity contribution in [2.24, 2.45) is 0 Å². The first kappa shape index (κ1) is 13.8. The minimum Gasteiger partial charge on any atom is -0.469 e. The Labute approximate surface area is 92.9 Å². The van der Waals surface area contributed by atoms with Crippen molar-refractivity contribution >= 4 is 6.02 Å². The molecule has 0 saturated carbocycles. The molecule has 15 heavy (non-hydrogen) atoms. The minimum atomic E-state index is 0.213. The molecule has 0 fully saturated rings. The van der Waals surface area contributed by atoms with E-state index >= 15 is 0 Å². The summed E-state index contributed by atoms with van der Waals surface area (Å²) in [6.45, 7) is 9.65. The van der Waals surface area contributed by atoms with E-state index in [2.05, 4.69) is 39.8 Å². The second kappa shape index (κ2) is 7.10. The molecule has 0 unspecified atom stereocenters. The van der Waals surface area contributed by atoms with Crippen LogP contribution in [0.25, 0.3) is 0 Å². The summed E-state index contributed by atoms with van der Waals surface area (Å²) in [4.78, 5) is 1.88. The molecule has 3 nitrogen and oxygen atoms in total. The van der Waals surface area contributed by atoms with Crippen LogP contribution in [0.2, 0.25) is 0 Å². The zero-order valence-electron chi connectivity index (χ0n) is 10.4. The lowest BCUT2D eigenvalue weighted by atomic mass is 10.3. The van der Waals surface area contributed by atoms with Crippen LogP contribution in [0.3, 0.4) is 0 Å². The van der Waals surface area contributed by atoms with Crippen molar-refractivity contribution in [2.75, 3.05) is 20.2 Å². The molecule has 0 rings (SSSR count). The third-order valence-electron chi connectivity index (χ3n) is 1.92. The van der Waals surface area contributed by atoms with Crippen LogP contribution in [-0.2, 0) is 4.74 Å². The van der Waals surface area contributed by atoms with E-state index < -0.39 is 0 Å². The van der Waals surface area contributed by atoms with Crippen LogP contribution < -0.4 is 0 Å². The lowest BCUT2D eigenvalue weighted by Gasteiger charge is -2.20. The van der Waals surface area contributed by atoms with Gasteiger partial charge in [-0.05, 0) is 27.7 Å². The molecule has 0 saturated heterocycles. The smallest absolute Gasteiger partial charge is 0.284 e. The summed E-state index contributed by atoms with van der Waals surface area (Å²) < 4.78 is 4.93. The Morgan fingerprint density at radius 1 is 1.07 bits per heavy atom. The molecule has 0 spiro atoms. The highest BCUT2D eigenvalue weighted by molar-refractivity contribution is 5.70. The van der Waals surface area contributed by atoms with Crippen LogP contribution in [0.1, 0.15) is 27.7 Å². The van der Waals surface area contributed by atoms with Crippen LogP contribution in [0.15, 0.2) is 23.3 Å². The Morgan fingerprint density at radius 2 is 1.47 bits per heavy atom. The fourth-order valence-corrected chi connectivity index (χ4v) is 0.955. The molecule has 0 aromatic rings. The monoisotopic (exact) mass is 210 g/mol. The lowest BCUT2D eigenvalue weighted by Crippen LogP contribution is -2.32. The number of methoxy groups -OCH3 is 1. The molecule has 0 aromatic heterocycles. The van der Waals surface area contributed by atoms with Gasteiger partial charge in [-0.1, -0.05) is 23.3 Å². The maximum absolute atomic E-state index is 7.63. The maximum atomic E-state index is 7.63. The van der Waals surface area contributed by atoms with Crippen LogP contribution in [0, 0.1) is 5.41 Å². The van der Waals surface area contributed by atoms with E-state index in [1.807, 2.05) is 4.90 Å². The standard InChI is InChI=1S/C12H22N2O/c1-10(2)6-8-14(12(13)15-5)9-7-11(3)4/h6-7,13H,8-9H2,1-5H3. The molecule has 0 radical (unpaired) electrons. The Hall–Kier alpha value is -1.25. The highest BCUT2D eigenvalue weighted by Crippen LogP contribution is 1.98. The zero-order valence-corrected chi connectivity index (χ0v) is 10.4. The number of hydrogen-bond acceptors (Lipinski definition) is 2. The highest BCUT2D eigenvalue weighted by Gasteiger charge is 2.06. The molecule has 86 valence electrons. The van der Waals surface area contributed by atoms with Gasteiger partial charge in [-0.2, -0.15) is 0 Å². The molecule has 0 amide bonds. The van der Waals surface area contributed by atoms with E-state index in [9.17, 15) is 0 Å². The first-order chi connectivity index (χ1) is 6.97. The van der Waals surface area contributed by atoms with Crippen molar-refractivity contribution in [3.8, 4) is 0 Å². The third-order valence-corrected chi connectivity index (χ3v) is 1.92. The maximum Gasteiger partial charge on any atom is 0.284 e. The SMILES string of the molecule is COC(=N)N(CC=C(C)C)CC=C(C)C. The Kier molecular flexibility index (Phi) is 6.50. The van der Waals surface area contributed by atoms with E-state index in [0.717, 1.165) is 13.1 Å². The predicted octanol–water partition coefficient (Wildman–Crippen LogP) is 2.80. The van der Waals surface area contributed by atoms with Crippen molar-refractivity contribution in [1.82, 2.24) is 4.90 Å². The fourth-order valence-electron chi connectivity index (χ4n) is 0.955.